The number of halogens is 1. The fraction of sp³-hybridized carbons (Fsp3) is 0.0526. The second-order valence-corrected chi connectivity index (χ2v) is 6.48. The molecule has 0 saturated heterocycles. The second-order valence-electron chi connectivity index (χ2n) is 6.07. The monoisotopic (exact) mass is 360 g/mol. The van der Waals surface area contributed by atoms with E-state index >= 15 is 0 Å². The van der Waals surface area contributed by atoms with Gasteiger partial charge in [-0.2, -0.15) is 5.10 Å². The van der Waals surface area contributed by atoms with E-state index in [2.05, 4.69) is 27.2 Å². The summed E-state index contributed by atoms with van der Waals surface area (Å²) in [6.07, 6.45) is 3.48. The molecule has 0 bridgehead atoms. The molecule has 0 aliphatic carbocycles. The van der Waals surface area contributed by atoms with Crippen LogP contribution in [0, 0.1) is 6.92 Å². The lowest BCUT2D eigenvalue weighted by molar-refractivity contribution is 0.893. The minimum absolute atomic E-state index is 0.622. The van der Waals surface area contributed by atoms with E-state index in [4.69, 9.17) is 11.6 Å². The van der Waals surface area contributed by atoms with Crippen LogP contribution in [0.5, 0.6) is 0 Å². The van der Waals surface area contributed by atoms with Crippen molar-refractivity contribution in [1.29, 1.82) is 0 Å². The summed E-state index contributed by atoms with van der Waals surface area (Å²) in [5.74, 6) is 0.656. The van der Waals surface area contributed by atoms with Crippen molar-refractivity contribution >= 4 is 28.3 Å². The lowest BCUT2D eigenvalue weighted by Crippen LogP contribution is -1.99. The quantitative estimate of drug-likeness (QED) is 0.475. The van der Waals surface area contributed by atoms with Crippen LogP contribution < -0.4 is 0 Å². The first kappa shape index (κ1) is 15.0. The predicted molar refractivity (Wildman–Crippen MR) is 101 cm³/mol. The van der Waals surface area contributed by atoms with Crippen molar-refractivity contribution in [3.63, 3.8) is 0 Å². The average Bonchev–Trinajstić information content (AvgIpc) is 3.26. The molecule has 5 aromatic rings. The number of aromatic nitrogens is 6. The molecule has 0 saturated carbocycles. The summed E-state index contributed by atoms with van der Waals surface area (Å²) >= 11 is 6.31. The first-order valence-corrected chi connectivity index (χ1v) is 8.49. The van der Waals surface area contributed by atoms with Crippen LogP contribution in [-0.2, 0) is 0 Å². The van der Waals surface area contributed by atoms with Crippen molar-refractivity contribution in [2.45, 2.75) is 6.92 Å². The molecule has 0 unspecified atom stereocenters. The first-order chi connectivity index (χ1) is 12.7. The van der Waals surface area contributed by atoms with Gasteiger partial charge >= 0.3 is 0 Å². The molecular formula is C19H13ClN6. The molecule has 6 nitrogen and oxygen atoms in total. The summed E-state index contributed by atoms with van der Waals surface area (Å²) < 4.78 is 3.64. The van der Waals surface area contributed by atoms with Crippen molar-refractivity contribution in [3.8, 4) is 17.1 Å². The van der Waals surface area contributed by atoms with Crippen LogP contribution in [0.15, 0.2) is 61.1 Å². The largest absolute Gasteiger partial charge is 0.264 e. The molecule has 3 aromatic heterocycles. The third-order valence-electron chi connectivity index (χ3n) is 4.37. The van der Waals surface area contributed by atoms with Gasteiger partial charge in [-0.1, -0.05) is 41.4 Å². The highest BCUT2D eigenvalue weighted by Gasteiger charge is 2.16. The number of aryl methyl sites for hydroxylation is 1. The maximum atomic E-state index is 6.31. The van der Waals surface area contributed by atoms with Crippen LogP contribution in [0.2, 0.25) is 5.02 Å². The summed E-state index contributed by atoms with van der Waals surface area (Å²) in [5.41, 5.74) is 4.40. The Morgan fingerprint density at radius 2 is 1.73 bits per heavy atom. The van der Waals surface area contributed by atoms with Crippen molar-refractivity contribution < 1.29 is 0 Å². The number of nitrogens with zero attached hydrogens (tertiary/aromatic N) is 6. The SMILES string of the molecule is Cc1ccc(-n2ncc3c2ncn2c(-c4ccccc4Cl)nnc32)cc1. The van der Waals surface area contributed by atoms with Gasteiger partial charge in [-0.25, -0.2) is 9.67 Å². The summed E-state index contributed by atoms with van der Waals surface area (Å²) in [6, 6.07) is 15.7. The summed E-state index contributed by atoms with van der Waals surface area (Å²) in [6.45, 7) is 2.05. The van der Waals surface area contributed by atoms with Gasteiger partial charge in [-0.15, -0.1) is 10.2 Å². The Morgan fingerprint density at radius 1 is 0.923 bits per heavy atom. The van der Waals surface area contributed by atoms with E-state index in [1.165, 1.54) is 5.56 Å². The molecule has 0 radical (unpaired) electrons. The highest BCUT2D eigenvalue weighted by Crippen LogP contribution is 2.28. The molecule has 0 atom stereocenters. The van der Waals surface area contributed by atoms with E-state index in [0.717, 1.165) is 22.3 Å². The molecule has 0 fully saturated rings. The van der Waals surface area contributed by atoms with Gasteiger partial charge in [-0.05, 0) is 31.2 Å². The minimum atomic E-state index is 0.622. The minimum Gasteiger partial charge on any atom is -0.264 e. The molecule has 3 heterocycles. The standard InChI is InChI=1S/C19H13ClN6/c1-12-6-8-13(9-7-12)26-17-15(10-22-26)19-24-23-18(25(19)11-21-17)14-4-2-3-5-16(14)20/h2-11H,1H3. The zero-order chi connectivity index (χ0) is 17.7. The highest BCUT2D eigenvalue weighted by molar-refractivity contribution is 6.33. The fourth-order valence-electron chi connectivity index (χ4n) is 3.02. The first-order valence-electron chi connectivity index (χ1n) is 8.12. The van der Waals surface area contributed by atoms with Crippen LogP contribution in [0.4, 0.5) is 0 Å². The highest BCUT2D eigenvalue weighted by atomic mass is 35.5. The summed E-state index contributed by atoms with van der Waals surface area (Å²) in [4.78, 5) is 4.60. The van der Waals surface area contributed by atoms with Crippen LogP contribution >= 0.6 is 11.6 Å². The van der Waals surface area contributed by atoms with Gasteiger partial charge < -0.3 is 0 Å². The van der Waals surface area contributed by atoms with E-state index in [9.17, 15) is 0 Å². The zero-order valence-corrected chi connectivity index (χ0v) is 14.6. The number of hydrogen-bond acceptors (Lipinski definition) is 4. The normalized spacial score (nSPS) is 11.5. The summed E-state index contributed by atoms with van der Waals surface area (Å²) in [5, 5.41) is 14.6. The molecule has 0 N–H and O–H groups in total. The molecule has 2 aromatic carbocycles. The number of rotatable bonds is 2. The number of fused-ring (bicyclic) bond motifs is 3. The van der Waals surface area contributed by atoms with Crippen molar-refractivity contribution in [1.82, 2.24) is 29.4 Å². The predicted octanol–water partition coefficient (Wildman–Crippen LogP) is 4.09. The van der Waals surface area contributed by atoms with Crippen LogP contribution in [0.25, 0.3) is 33.8 Å². The maximum absolute atomic E-state index is 6.31. The smallest absolute Gasteiger partial charge is 0.175 e. The fourth-order valence-corrected chi connectivity index (χ4v) is 3.24. The molecule has 7 heteroatoms. The maximum Gasteiger partial charge on any atom is 0.175 e. The Bertz CT molecular complexity index is 1250. The van der Waals surface area contributed by atoms with Gasteiger partial charge in [0.05, 0.1) is 22.3 Å². The number of benzene rings is 2. The molecule has 0 amide bonds. The number of hydrogen-bond donors (Lipinski definition) is 0. The van der Waals surface area contributed by atoms with E-state index in [1.807, 2.05) is 52.9 Å². The molecule has 0 aliphatic rings. The van der Waals surface area contributed by atoms with Crippen molar-refractivity contribution in [3.05, 3.63) is 71.6 Å². The Balaban J connectivity index is 1.73. The van der Waals surface area contributed by atoms with Crippen LogP contribution in [0.1, 0.15) is 5.56 Å². The van der Waals surface area contributed by atoms with E-state index in [1.54, 1.807) is 17.2 Å². The van der Waals surface area contributed by atoms with E-state index < -0.39 is 0 Å². The Hall–Kier alpha value is -3.25. The topological polar surface area (TPSA) is 60.9 Å². The Morgan fingerprint density at radius 3 is 2.54 bits per heavy atom. The third kappa shape index (κ3) is 2.19. The van der Waals surface area contributed by atoms with E-state index in [-0.39, 0.29) is 0 Å². The zero-order valence-electron chi connectivity index (χ0n) is 13.8. The Kier molecular flexibility index (Phi) is 3.26. The van der Waals surface area contributed by atoms with Gasteiger partial charge in [0.1, 0.15) is 6.33 Å². The second kappa shape index (κ2) is 5.64. The van der Waals surface area contributed by atoms with Crippen LogP contribution in [-0.4, -0.2) is 29.4 Å². The molecular weight excluding hydrogens is 348 g/mol. The van der Waals surface area contributed by atoms with Crippen molar-refractivity contribution in [2.75, 3.05) is 0 Å². The van der Waals surface area contributed by atoms with Gasteiger partial charge in [0, 0.05) is 5.56 Å². The molecule has 0 aliphatic heterocycles. The lowest BCUT2D eigenvalue weighted by atomic mass is 10.2. The third-order valence-corrected chi connectivity index (χ3v) is 4.70. The van der Waals surface area contributed by atoms with Gasteiger partial charge in [-0.3, -0.25) is 4.40 Å². The summed E-state index contributed by atoms with van der Waals surface area (Å²) in [7, 11) is 0. The van der Waals surface area contributed by atoms with Gasteiger partial charge in [0.25, 0.3) is 0 Å². The molecule has 0 spiro atoms. The lowest BCUT2D eigenvalue weighted by Gasteiger charge is -2.04. The van der Waals surface area contributed by atoms with Gasteiger partial charge in [0.15, 0.2) is 17.1 Å². The molecule has 26 heavy (non-hydrogen) atoms. The van der Waals surface area contributed by atoms with Gasteiger partial charge in [0.2, 0.25) is 0 Å². The van der Waals surface area contributed by atoms with E-state index in [0.29, 0.717) is 16.5 Å². The Labute approximate surface area is 153 Å². The molecule has 126 valence electrons. The van der Waals surface area contributed by atoms with Crippen LogP contribution in [0.3, 0.4) is 0 Å². The molecule has 5 rings (SSSR count). The van der Waals surface area contributed by atoms with Crippen molar-refractivity contribution in [2.24, 2.45) is 0 Å². The average molecular weight is 361 g/mol.